The first-order valence-corrected chi connectivity index (χ1v) is 11.3. The minimum atomic E-state index is 0.515. The van der Waals surface area contributed by atoms with Crippen LogP contribution in [0.15, 0.2) is 29.4 Å². The molecule has 0 atom stereocenters. The Morgan fingerprint density at radius 3 is 1.83 bits per heavy atom. The van der Waals surface area contributed by atoms with E-state index in [1.165, 1.54) is 44.1 Å². The molecule has 1 aromatic heterocycles. The Morgan fingerprint density at radius 2 is 1.33 bits per heavy atom. The largest absolute Gasteiger partial charge is 0.341 e. The molecule has 3 heterocycles. The van der Waals surface area contributed by atoms with Crippen LogP contribution in [0.2, 0.25) is 0 Å². The molecule has 2 aliphatic rings. The van der Waals surface area contributed by atoms with Crippen LogP contribution in [0, 0.1) is 0 Å². The molecule has 4 rings (SSSR count). The Hall–Kier alpha value is -2.70. The summed E-state index contributed by atoms with van der Waals surface area (Å²) in [7, 11) is 0. The van der Waals surface area contributed by atoms with Crippen molar-refractivity contribution in [3.05, 3.63) is 35.4 Å². The first-order chi connectivity index (χ1) is 14.7. The van der Waals surface area contributed by atoms with Crippen LogP contribution in [0.3, 0.4) is 0 Å². The summed E-state index contributed by atoms with van der Waals surface area (Å²) >= 11 is 0. The van der Waals surface area contributed by atoms with E-state index in [1.54, 1.807) is 0 Å². The van der Waals surface area contributed by atoms with Crippen molar-refractivity contribution in [3.63, 3.8) is 0 Å². The van der Waals surface area contributed by atoms with Crippen LogP contribution in [-0.2, 0) is 0 Å². The number of hydrazone groups is 1. The standard InChI is InChI=1S/C23H33N7/c1-18(2)20-11-9-19(10-12-20)17-24-28-21-25-22(29-13-5-3-6-14-29)27-23(26-21)30-15-7-4-8-16-30/h9-12,17-18H,3-8,13-16H2,1-2H3,(H,25,26,27,28)/b24-17-. The summed E-state index contributed by atoms with van der Waals surface area (Å²) in [6.45, 7) is 8.43. The van der Waals surface area contributed by atoms with E-state index in [1.807, 2.05) is 6.21 Å². The van der Waals surface area contributed by atoms with Gasteiger partial charge in [0.05, 0.1) is 6.21 Å². The lowest BCUT2D eigenvalue weighted by Gasteiger charge is -2.30. The number of anilines is 3. The lowest BCUT2D eigenvalue weighted by Crippen LogP contribution is -2.34. The van der Waals surface area contributed by atoms with E-state index in [-0.39, 0.29) is 0 Å². The number of rotatable bonds is 6. The zero-order valence-corrected chi connectivity index (χ0v) is 18.2. The van der Waals surface area contributed by atoms with Gasteiger partial charge in [0, 0.05) is 26.2 Å². The highest BCUT2D eigenvalue weighted by Gasteiger charge is 2.20. The first kappa shape index (κ1) is 20.6. The molecule has 1 aromatic carbocycles. The van der Waals surface area contributed by atoms with Crippen molar-refractivity contribution in [2.45, 2.75) is 58.3 Å². The van der Waals surface area contributed by atoms with Gasteiger partial charge in [0.25, 0.3) is 0 Å². The van der Waals surface area contributed by atoms with Crippen molar-refractivity contribution in [2.75, 3.05) is 41.4 Å². The molecule has 0 spiro atoms. The third kappa shape index (κ3) is 5.26. The quantitative estimate of drug-likeness (QED) is 0.565. The molecule has 7 heteroatoms. The van der Waals surface area contributed by atoms with Gasteiger partial charge in [-0.15, -0.1) is 0 Å². The fourth-order valence-corrected chi connectivity index (χ4v) is 4.01. The number of piperidine rings is 2. The van der Waals surface area contributed by atoms with E-state index in [4.69, 9.17) is 4.98 Å². The molecule has 2 saturated heterocycles. The number of hydrogen-bond acceptors (Lipinski definition) is 7. The Kier molecular flexibility index (Phi) is 6.77. The van der Waals surface area contributed by atoms with E-state index < -0.39 is 0 Å². The molecule has 2 fully saturated rings. The maximum atomic E-state index is 4.81. The van der Waals surface area contributed by atoms with Gasteiger partial charge in [0.2, 0.25) is 17.8 Å². The van der Waals surface area contributed by atoms with Crippen molar-refractivity contribution in [2.24, 2.45) is 5.10 Å². The highest BCUT2D eigenvalue weighted by molar-refractivity contribution is 5.80. The van der Waals surface area contributed by atoms with Crippen molar-refractivity contribution >= 4 is 24.1 Å². The molecule has 7 nitrogen and oxygen atoms in total. The summed E-state index contributed by atoms with van der Waals surface area (Å²) in [5.41, 5.74) is 5.42. The molecule has 1 N–H and O–H groups in total. The zero-order chi connectivity index (χ0) is 20.8. The van der Waals surface area contributed by atoms with E-state index >= 15 is 0 Å². The van der Waals surface area contributed by atoms with E-state index in [0.29, 0.717) is 11.9 Å². The minimum absolute atomic E-state index is 0.515. The van der Waals surface area contributed by atoms with E-state index in [9.17, 15) is 0 Å². The fourth-order valence-electron chi connectivity index (χ4n) is 4.01. The molecule has 0 bridgehead atoms. The van der Waals surface area contributed by atoms with Gasteiger partial charge < -0.3 is 9.80 Å². The number of aromatic nitrogens is 3. The summed E-state index contributed by atoms with van der Waals surface area (Å²) in [6, 6.07) is 8.48. The van der Waals surface area contributed by atoms with Crippen LogP contribution < -0.4 is 15.2 Å². The average Bonchev–Trinajstić information content (AvgIpc) is 2.80. The van der Waals surface area contributed by atoms with Gasteiger partial charge in [-0.05, 0) is 55.6 Å². The number of hydrogen-bond donors (Lipinski definition) is 1. The van der Waals surface area contributed by atoms with Gasteiger partial charge in [0.15, 0.2) is 0 Å². The van der Waals surface area contributed by atoms with E-state index in [0.717, 1.165) is 43.6 Å². The topological polar surface area (TPSA) is 69.5 Å². The third-order valence-electron chi connectivity index (χ3n) is 5.87. The summed E-state index contributed by atoms with van der Waals surface area (Å²) in [5, 5.41) is 4.39. The van der Waals surface area contributed by atoms with E-state index in [2.05, 4.69) is 68.4 Å². The molecule has 2 aromatic rings. The highest BCUT2D eigenvalue weighted by Crippen LogP contribution is 2.22. The molecule has 0 aliphatic carbocycles. The molecule has 0 unspecified atom stereocenters. The summed E-state index contributed by atoms with van der Waals surface area (Å²) in [6.07, 6.45) is 9.15. The number of benzene rings is 1. The fraction of sp³-hybridized carbons (Fsp3) is 0.565. The molecule has 0 radical (unpaired) electrons. The van der Waals surface area contributed by atoms with Crippen LogP contribution in [0.25, 0.3) is 0 Å². The molecular weight excluding hydrogens is 374 g/mol. The van der Waals surface area contributed by atoms with Crippen LogP contribution >= 0.6 is 0 Å². The van der Waals surface area contributed by atoms with Gasteiger partial charge in [-0.2, -0.15) is 20.1 Å². The van der Waals surface area contributed by atoms with Crippen molar-refractivity contribution in [1.82, 2.24) is 15.0 Å². The number of nitrogens with one attached hydrogen (secondary N) is 1. The monoisotopic (exact) mass is 407 g/mol. The third-order valence-corrected chi connectivity index (χ3v) is 5.87. The van der Waals surface area contributed by atoms with Crippen LogP contribution in [0.4, 0.5) is 17.8 Å². The van der Waals surface area contributed by atoms with Gasteiger partial charge >= 0.3 is 0 Å². The molecule has 160 valence electrons. The molecule has 0 amide bonds. The second-order valence-electron chi connectivity index (χ2n) is 8.55. The van der Waals surface area contributed by atoms with Crippen LogP contribution in [-0.4, -0.2) is 47.3 Å². The lowest BCUT2D eigenvalue weighted by atomic mass is 10.0. The predicted molar refractivity (Wildman–Crippen MR) is 124 cm³/mol. The maximum Gasteiger partial charge on any atom is 0.250 e. The summed E-state index contributed by atoms with van der Waals surface area (Å²) in [4.78, 5) is 18.7. The molecule has 2 aliphatic heterocycles. The van der Waals surface area contributed by atoms with Gasteiger partial charge in [-0.3, -0.25) is 0 Å². The van der Waals surface area contributed by atoms with Crippen molar-refractivity contribution in [1.29, 1.82) is 0 Å². The Bertz CT molecular complexity index is 799. The SMILES string of the molecule is CC(C)c1ccc(/C=N\Nc2nc(N3CCCCC3)nc(N3CCCCC3)n2)cc1. The first-order valence-electron chi connectivity index (χ1n) is 11.3. The Morgan fingerprint density at radius 1 is 0.800 bits per heavy atom. The van der Waals surface area contributed by atoms with Crippen LogP contribution in [0.5, 0.6) is 0 Å². The van der Waals surface area contributed by atoms with Gasteiger partial charge in [-0.25, -0.2) is 5.43 Å². The second-order valence-corrected chi connectivity index (χ2v) is 8.55. The maximum absolute atomic E-state index is 4.81. The number of nitrogens with zero attached hydrogens (tertiary/aromatic N) is 6. The van der Waals surface area contributed by atoms with Gasteiger partial charge in [-0.1, -0.05) is 38.1 Å². The smallest absolute Gasteiger partial charge is 0.250 e. The predicted octanol–water partition coefficient (Wildman–Crippen LogP) is 4.42. The van der Waals surface area contributed by atoms with Gasteiger partial charge in [0.1, 0.15) is 0 Å². The Labute approximate surface area is 179 Å². The second kappa shape index (κ2) is 9.87. The highest BCUT2D eigenvalue weighted by atomic mass is 15.4. The van der Waals surface area contributed by atoms with Crippen molar-refractivity contribution < 1.29 is 0 Å². The zero-order valence-electron chi connectivity index (χ0n) is 18.2. The Balaban J connectivity index is 1.51. The van der Waals surface area contributed by atoms with Crippen molar-refractivity contribution in [3.8, 4) is 0 Å². The molecular formula is C23H33N7. The van der Waals surface area contributed by atoms with Crippen LogP contribution in [0.1, 0.15) is 69.4 Å². The average molecular weight is 408 g/mol. The molecule has 0 saturated carbocycles. The minimum Gasteiger partial charge on any atom is -0.341 e. The lowest BCUT2D eigenvalue weighted by molar-refractivity contribution is 0.556. The summed E-state index contributed by atoms with van der Waals surface area (Å²) in [5.74, 6) is 2.58. The normalized spacial score (nSPS) is 17.7. The molecule has 30 heavy (non-hydrogen) atoms. The summed E-state index contributed by atoms with van der Waals surface area (Å²) < 4.78 is 0.